The topological polar surface area (TPSA) is 29.9 Å². The van der Waals surface area contributed by atoms with Crippen LogP contribution in [0.25, 0.3) is 5.69 Å². The normalized spacial score (nSPS) is 11.3. The number of halogens is 4. The van der Waals surface area contributed by atoms with Gasteiger partial charge in [-0.25, -0.2) is 13.5 Å². The van der Waals surface area contributed by atoms with Crippen molar-refractivity contribution >= 4 is 23.2 Å². The zero-order chi connectivity index (χ0) is 14.7. The van der Waals surface area contributed by atoms with Gasteiger partial charge in [0.1, 0.15) is 5.69 Å². The average Bonchev–Trinajstić information content (AvgIpc) is 2.83. The smallest absolute Gasteiger partial charge is 0.280 e. The van der Waals surface area contributed by atoms with Crippen molar-refractivity contribution in [1.29, 1.82) is 0 Å². The maximum absolute atomic E-state index is 13.3. The summed E-state index contributed by atoms with van der Waals surface area (Å²) in [6.07, 6.45) is -1.19. The highest BCUT2D eigenvalue weighted by Gasteiger charge is 2.21. The third kappa shape index (κ3) is 3.11. The zero-order valence-corrected chi connectivity index (χ0v) is 12.2. The highest BCUT2D eigenvalue weighted by molar-refractivity contribution is 6.42. The van der Waals surface area contributed by atoms with Crippen LogP contribution in [0.1, 0.15) is 24.6 Å². The molecule has 0 saturated heterocycles. The zero-order valence-electron chi connectivity index (χ0n) is 10.7. The molecular formula is C13H13Cl2F2N3. The Kier molecular flexibility index (Phi) is 4.96. The highest BCUT2D eigenvalue weighted by atomic mass is 35.5. The Labute approximate surface area is 125 Å². The molecule has 1 aromatic carbocycles. The molecule has 108 valence electrons. The molecule has 0 aliphatic rings. The average molecular weight is 320 g/mol. The fourth-order valence-electron chi connectivity index (χ4n) is 1.84. The van der Waals surface area contributed by atoms with E-state index in [1.165, 1.54) is 16.9 Å². The fraction of sp³-hybridized carbons (Fsp3) is 0.308. The first kappa shape index (κ1) is 15.2. The lowest BCUT2D eigenvalue weighted by molar-refractivity contribution is 0.141. The minimum absolute atomic E-state index is 0.135. The van der Waals surface area contributed by atoms with Gasteiger partial charge in [0, 0.05) is 12.1 Å². The summed E-state index contributed by atoms with van der Waals surface area (Å²) in [4.78, 5) is 0. The van der Waals surface area contributed by atoms with E-state index in [1.807, 2.05) is 6.92 Å². The molecular weight excluding hydrogens is 307 g/mol. The number of nitrogens with zero attached hydrogens (tertiary/aromatic N) is 2. The molecule has 20 heavy (non-hydrogen) atoms. The Morgan fingerprint density at radius 2 is 2.05 bits per heavy atom. The predicted molar refractivity (Wildman–Crippen MR) is 75.9 cm³/mol. The van der Waals surface area contributed by atoms with Gasteiger partial charge in [0.15, 0.2) is 0 Å². The van der Waals surface area contributed by atoms with Crippen LogP contribution in [0.15, 0.2) is 24.4 Å². The molecule has 0 aliphatic heterocycles. The summed E-state index contributed by atoms with van der Waals surface area (Å²) in [5, 5.41) is 7.71. The summed E-state index contributed by atoms with van der Waals surface area (Å²) in [6, 6.07) is 4.67. The summed E-state index contributed by atoms with van der Waals surface area (Å²) in [7, 11) is 0. The van der Waals surface area contributed by atoms with Gasteiger partial charge in [-0.2, -0.15) is 5.10 Å². The van der Waals surface area contributed by atoms with Crippen LogP contribution in [-0.2, 0) is 6.54 Å². The molecule has 0 unspecified atom stereocenters. The van der Waals surface area contributed by atoms with Crippen LogP contribution in [0.4, 0.5) is 8.78 Å². The first-order valence-electron chi connectivity index (χ1n) is 6.05. The molecule has 1 aromatic heterocycles. The molecule has 2 aromatic rings. The minimum atomic E-state index is -2.62. The Bertz CT molecular complexity index is 599. The first-order valence-corrected chi connectivity index (χ1v) is 6.81. The number of rotatable bonds is 5. The molecule has 3 nitrogen and oxygen atoms in total. The van der Waals surface area contributed by atoms with E-state index in [-0.39, 0.29) is 5.69 Å². The van der Waals surface area contributed by atoms with E-state index < -0.39 is 6.43 Å². The van der Waals surface area contributed by atoms with Crippen molar-refractivity contribution in [2.24, 2.45) is 0 Å². The number of benzene rings is 1. The van der Waals surface area contributed by atoms with E-state index in [1.54, 1.807) is 12.1 Å². The summed E-state index contributed by atoms with van der Waals surface area (Å²) >= 11 is 11.7. The fourth-order valence-corrected chi connectivity index (χ4v) is 2.14. The Morgan fingerprint density at radius 3 is 2.65 bits per heavy atom. The van der Waals surface area contributed by atoms with Crippen molar-refractivity contribution < 1.29 is 8.78 Å². The second-order valence-corrected chi connectivity index (χ2v) is 4.96. The van der Waals surface area contributed by atoms with Gasteiger partial charge in [0.25, 0.3) is 6.43 Å². The summed E-state index contributed by atoms with van der Waals surface area (Å²) in [5.74, 6) is 0. The van der Waals surface area contributed by atoms with Crippen LogP contribution in [0.5, 0.6) is 0 Å². The number of nitrogens with one attached hydrogen (secondary N) is 1. The Hall–Kier alpha value is -1.17. The maximum atomic E-state index is 13.3. The Balaban J connectivity index is 2.45. The van der Waals surface area contributed by atoms with E-state index >= 15 is 0 Å². The van der Waals surface area contributed by atoms with Crippen LogP contribution in [0, 0.1) is 0 Å². The second kappa shape index (κ2) is 6.52. The highest BCUT2D eigenvalue weighted by Crippen LogP contribution is 2.29. The molecule has 0 aliphatic carbocycles. The minimum Gasteiger partial charge on any atom is -0.313 e. The van der Waals surface area contributed by atoms with Gasteiger partial charge in [0.05, 0.1) is 21.9 Å². The van der Waals surface area contributed by atoms with Crippen LogP contribution in [0.2, 0.25) is 10.0 Å². The third-order valence-electron chi connectivity index (χ3n) is 2.81. The molecule has 0 radical (unpaired) electrons. The van der Waals surface area contributed by atoms with Gasteiger partial charge in [-0.15, -0.1) is 0 Å². The van der Waals surface area contributed by atoms with Crippen LogP contribution in [-0.4, -0.2) is 16.3 Å². The molecule has 0 bridgehead atoms. The van der Waals surface area contributed by atoms with E-state index in [0.717, 1.165) is 0 Å². The van der Waals surface area contributed by atoms with Crippen molar-refractivity contribution in [2.75, 3.05) is 6.54 Å². The third-order valence-corrected chi connectivity index (χ3v) is 3.55. The Morgan fingerprint density at radius 1 is 1.30 bits per heavy atom. The van der Waals surface area contributed by atoms with Crippen molar-refractivity contribution in [1.82, 2.24) is 15.1 Å². The second-order valence-electron chi connectivity index (χ2n) is 4.15. The van der Waals surface area contributed by atoms with Gasteiger partial charge in [-0.05, 0) is 24.7 Å². The van der Waals surface area contributed by atoms with Gasteiger partial charge < -0.3 is 5.32 Å². The molecule has 0 atom stereocenters. The van der Waals surface area contributed by atoms with E-state index in [2.05, 4.69) is 10.4 Å². The van der Waals surface area contributed by atoms with Gasteiger partial charge in [0.2, 0.25) is 0 Å². The van der Waals surface area contributed by atoms with Crippen molar-refractivity contribution in [3.8, 4) is 5.69 Å². The lowest BCUT2D eigenvalue weighted by Gasteiger charge is -2.10. The van der Waals surface area contributed by atoms with Gasteiger partial charge in [-0.1, -0.05) is 30.1 Å². The standard InChI is InChI=1S/C13H13Cl2F2N3/c1-2-18-6-8-7-19-20(12(8)13(16)17)9-3-4-10(14)11(15)5-9/h3-5,7,13,18H,2,6H2,1H3. The molecule has 7 heteroatoms. The molecule has 0 fully saturated rings. The molecule has 0 amide bonds. The number of alkyl halides is 2. The maximum Gasteiger partial charge on any atom is 0.280 e. The van der Waals surface area contributed by atoms with E-state index in [0.29, 0.717) is 34.4 Å². The lowest BCUT2D eigenvalue weighted by atomic mass is 10.2. The largest absolute Gasteiger partial charge is 0.313 e. The van der Waals surface area contributed by atoms with Crippen molar-refractivity contribution in [2.45, 2.75) is 19.9 Å². The quantitative estimate of drug-likeness (QED) is 0.894. The van der Waals surface area contributed by atoms with E-state index in [9.17, 15) is 8.78 Å². The van der Waals surface area contributed by atoms with Crippen LogP contribution in [0.3, 0.4) is 0 Å². The summed E-state index contributed by atoms with van der Waals surface area (Å²) in [6.45, 7) is 2.95. The van der Waals surface area contributed by atoms with Crippen LogP contribution < -0.4 is 5.32 Å². The lowest BCUT2D eigenvalue weighted by Crippen LogP contribution is -2.13. The molecule has 1 heterocycles. The predicted octanol–water partition coefficient (Wildman–Crippen LogP) is 4.23. The number of aromatic nitrogens is 2. The van der Waals surface area contributed by atoms with Gasteiger partial charge >= 0.3 is 0 Å². The molecule has 1 N–H and O–H groups in total. The SMILES string of the molecule is CCNCc1cnn(-c2ccc(Cl)c(Cl)c2)c1C(F)F. The van der Waals surface area contributed by atoms with Crippen molar-refractivity contribution in [3.63, 3.8) is 0 Å². The van der Waals surface area contributed by atoms with Gasteiger partial charge in [-0.3, -0.25) is 0 Å². The number of hydrogen-bond acceptors (Lipinski definition) is 2. The van der Waals surface area contributed by atoms with E-state index in [4.69, 9.17) is 23.2 Å². The monoisotopic (exact) mass is 319 g/mol. The number of hydrogen-bond donors (Lipinski definition) is 1. The molecule has 0 saturated carbocycles. The summed E-state index contributed by atoms with van der Waals surface area (Å²) in [5.41, 5.74) is 0.787. The molecule has 2 rings (SSSR count). The molecule has 0 spiro atoms. The first-order chi connectivity index (χ1) is 9.54. The van der Waals surface area contributed by atoms with Crippen LogP contribution >= 0.6 is 23.2 Å². The van der Waals surface area contributed by atoms with Crippen molar-refractivity contribution in [3.05, 3.63) is 45.7 Å². The summed E-state index contributed by atoms with van der Waals surface area (Å²) < 4.78 is 27.7.